The number of carbonyl (C=O) groups is 1. The third-order valence-electron chi connectivity index (χ3n) is 3.46. The first kappa shape index (κ1) is 16.3. The van der Waals surface area contributed by atoms with Gasteiger partial charge in [-0.3, -0.25) is 4.79 Å². The highest BCUT2D eigenvalue weighted by atomic mass is 35.5. The first-order valence-corrected chi connectivity index (χ1v) is 7.72. The first-order chi connectivity index (χ1) is 11.5. The number of amides is 1. The number of nitrogens with one attached hydrogen (secondary N) is 2. The molecule has 2 aromatic carbocycles. The number of benzene rings is 2. The van der Waals surface area contributed by atoms with Crippen LogP contribution in [-0.2, 0) is 4.79 Å². The number of halogens is 2. The van der Waals surface area contributed by atoms with Crippen LogP contribution in [0.1, 0.15) is 18.8 Å². The molecule has 0 spiro atoms. The van der Waals surface area contributed by atoms with E-state index in [9.17, 15) is 9.18 Å². The second-order valence-corrected chi connectivity index (χ2v) is 5.70. The molecular formula is C17H15ClFN3O2. The van der Waals surface area contributed by atoms with E-state index in [1.165, 1.54) is 18.2 Å². The Bertz CT molecular complexity index is 848. The van der Waals surface area contributed by atoms with E-state index in [0.29, 0.717) is 11.6 Å². The summed E-state index contributed by atoms with van der Waals surface area (Å²) in [5.74, 6) is 0.137. The average Bonchev–Trinajstić information content (AvgIpc) is 3.00. The highest BCUT2D eigenvalue weighted by Crippen LogP contribution is 2.21. The number of aromatic amines is 1. The van der Waals surface area contributed by atoms with Crippen LogP contribution in [0.25, 0.3) is 11.0 Å². The summed E-state index contributed by atoms with van der Waals surface area (Å²) >= 11 is 5.66. The molecule has 0 saturated carbocycles. The zero-order valence-corrected chi connectivity index (χ0v) is 13.6. The fraction of sp³-hybridized carbons (Fsp3) is 0.176. The van der Waals surface area contributed by atoms with Crippen molar-refractivity contribution in [2.24, 2.45) is 0 Å². The van der Waals surface area contributed by atoms with Crippen molar-refractivity contribution in [1.29, 1.82) is 0 Å². The third-order valence-corrected chi connectivity index (χ3v) is 3.75. The van der Waals surface area contributed by atoms with Gasteiger partial charge in [0.2, 0.25) is 0 Å². The van der Waals surface area contributed by atoms with Gasteiger partial charge in [-0.05, 0) is 31.2 Å². The molecule has 0 saturated heterocycles. The Morgan fingerprint density at radius 2 is 2.17 bits per heavy atom. The number of fused-ring (bicyclic) bond motifs is 1. The Balaban J connectivity index is 1.58. The van der Waals surface area contributed by atoms with Gasteiger partial charge in [0, 0.05) is 6.07 Å². The zero-order chi connectivity index (χ0) is 17.1. The van der Waals surface area contributed by atoms with E-state index in [2.05, 4.69) is 15.3 Å². The van der Waals surface area contributed by atoms with Crippen molar-refractivity contribution in [3.05, 3.63) is 59.1 Å². The van der Waals surface area contributed by atoms with Gasteiger partial charge >= 0.3 is 0 Å². The summed E-state index contributed by atoms with van der Waals surface area (Å²) in [7, 11) is 0. The molecule has 0 radical (unpaired) electrons. The minimum Gasteiger partial charge on any atom is -0.484 e. The monoisotopic (exact) mass is 347 g/mol. The first-order valence-electron chi connectivity index (χ1n) is 7.35. The van der Waals surface area contributed by atoms with Gasteiger partial charge in [-0.2, -0.15) is 0 Å². The molecule has 1 unspecified atom stereocenters. The summed E-state index contributed by atoms with van der Waals surface area (Å²) < 4.78 is 18.4. The second-order valence-electron chi connectivity index (χ2n) is 5.29. The average molecular weight is 348 g/mol. The molecule has 1 atom stereocenters. The van der Waals surface area contributed by atoms with Crippen LogP contribution in [0.3, 0.4) is 0 Å². The molecule has 0 fully saturated rings. The van der Waals surface area contributed by atoms with Crippen LogP contribution in [-0.4, -0.2) is 22.5 Å². The lowest BCUT2D eigenvalue weighted by molar-refractivity contribution is -0.123. The number of aromatic nitrogens is 2. The normalized spacial score (nSPS) is 12.1. The number of hydrogen-bond donors (Lipinski definition) is 2. The summed E-state index contributed by atoms with van der Waals surface area (Å²) in [4.78, 5) is 19.6. The zero-order valence-electron chi connectivity index (χ0n) is 12.8. The van der Waals surface area contributed by atoms with Crippen LogP contribution >= 0.6 is 11.6 Å². The van der Waals surface area contributed by atoms with Crippen LogP contribution < -0.4 is 10.1 Å². The Morgan fingerprint density at radius 1 is 1.38 bits per heavy atom. The fourth-order valence-corrected chi connectivity index (χ4v) is 2.42. The van der Waals surface area contributed by atoms with Crippen LogP contribution in [0.4, 0.5) is 4.39 Å². The van der Waals surface area contributed by atoms with E-state index in [0.717, 1.165) is 11.0 Å². The van der Waals surface area contributed by atoms with E-state index in [1.807, 2.05) is 31.2 Å². The number of imidazole rings is 1. The molecular weight excluding hydrogens is 333 g/mol. The predicted octanol–water partition coefficient (Wildman–Crippen LogP) is 3.61. The van der Waals surface area contributed by atoms with Crippen molar-refractivity contribution < 1.29 is 13.9 Å². The predicted molar refractivity (Wildman–Crippen MR) is 89.6 cm³/mol. The summed E-state index contributed by atoms with van der Waals surface area (Å²) in [5.41, 5.74) is 1.75. The molecule has 5 nitrogen and oxygen atoms in total. The summed E-state index contributed by atoms with van der Waals surface area (Å²) in [6.45, 7) is 1.62. The number of nitrogens with zero attached hydrogens (tertiary/aromatic N) is 1. The van der Waals surface area contributed by atoms with E-state index < -0.39 is 5.82 Å². The Hall–Kier alpha value is -2.60. The number of hydrogen-bond acceptors (Lipinski definition) is 3. The Kier molecular flexibility index (Phi) is 4.66. The topological polar surface area (TPSA) is 67.0 Å². The van der Waals surface area contributed by atoms with Crippen molar-refractivity contribution in [2.75, 3.05) is 6.61 Å². The van der Waals surface area contributed by atoms with Crippen LogP contribution in [0.5, 0.6) is 5.75 Å². The molecule has 3 rings (SSSR count). The van der Waals surface area contributed by atoms with Crippen LogP contribution in [0, 0.1) is 5.82 Å². The van der Waals surface area contributed by atoms with Gasteiger partial charge in [-0.15, -0.1) is 0 Å². The molecule has 1 amide bonds. The van der Waals surface area contributed by atoms with Crippen LogP contribution in [0.15, 0.2) is 42.5 Å². The number of H-pyrrole nitrogens is 1. The smallest absolute Gasteiger partial charge is 0.258 e. The molecule has 1 aromatic heterocycles. The van der Waals surface area contributed by atoms with Gasteiger partial charge in [0.25, 0.3) is 5.91 Å². The standard InChI is InChI=1S/C17H15ClFN3O2/c1-10(17-21-14-4-2-3-5-15(14)22-17)20-16(23)9-24-11-6-7-13(19)12(18)8-11/h2-8,10H,9H2,1H3,(H,20,23)(H,21,22). The van der Waals surface area contributed by atoms with Gasteiger partial charge in [-0.1, -0.05) is 23.7 Å². The molecule has 3 aromatic rings. The lowest BCUT2D eigenvalue weighted by Gasteiger charge is -2.12. The summed E-state index contributed by atoms with van der Waals surface area (Å²) in [5, 5.41) is 2.74. The van der Waals surface area contributed by atoms with E-state index in [-0.39, 0.29) is 23.6 Å². The minimum absolute atomic E-state index is 0.0523. The third kappa shape index (κ3) is 3.65. The quantitative estimate of drug-likeness (QED) is 0.741. The molecule has 24 heavy (non-hydrogen) atoms. The van der Waals surface area contributed by atoms with E-state index in [4.69, 9.17) is 16.3 Å². The fourth-order valence-electron chi connectivity index (χ4n) is 2.24. The number of rotatable bonds is 5. The number of para-hydroxylation sites is 2. The molecule has 7 heteroatoms. The maximum absolute atomic E-state index is 13.1. The lowest BCUT2D eigenvalue weighted by atomic mass is 10.3. The molecule has 124 valence electrons. The Morgan fingerprint density at radius 3 is 2.92 bits per heavy atom. The maximum Gasteiger partial charge on any atom is 0.258 e. The molecule has 0 bridgehead atoms. The van der Waals surface area contributed by atoms with Gasteiger partial charge in [-0.25, -0.2) is 9.37 Å². The van der Waals surface area contributed by atoms with Gasteiger partial charge in [0.1, 0.15) is 17.4 Å². The SMILES string of the molecule is CC(NC(=O)COc1ccc(F)c(Cl)c1)c1nc2ccccc2[nH]1. The molecule has 2 N–H and O–H groups in total. The van der Waals surface area contributed by atoms with E-state index in [1.54, 1.807) is 0 Å². The van der Waals surface area contributed by atoms with Crippen molar-refractivity contribution in [1.82, 2.24) is 15.3 Å². The highest BCUT2D eigenvalue weighted by Gasteiger charge is 2.14. The summed E-state index contributed by atoms with van der Waals surface area (Å²) in [6.07, 6.45) is 0. The molecule has 0 aliphatic heterocycles. The molecule has 1 heterocycles. The van der Waals surface area contributed by atoms with Gasteiger partial charge < -0.3 is 15.0 Å². The van der Waals surface area contributed by atoms with E-state index >= 15 is 0 Å². The highest BCUT2D eigenvalue weighted by molar-refractivity contribution is 6.30. The Labute approximate surface area is 142 Å². The number of carbonyl (C=O) groups excluding carboxylic acids is 1. The van der Waals surface area contributed by atoms with Gasteiger partial charge in [0.05, 0.1) is 22.1 Å². The van der Waals surface area contributed by atoms with Gasteiger partial charge in [0.15, 0.2) is 6.61 Å². The van der Waals surface area contributed by atoms with Crippen molar-refractivity contribution >= 4 is 28.5 Å². The minimum atomic E-state index is -0.535. The molecule has 0 aliphatic carbocycles. The number of ether oxygens (including phenoxy) is 1. The molecule has 0 aliphatic rings. The second kappa shape index (κ2) is 6.88. The largest absolute Gasteiger partial charge is 0.484 e. The van der Waals surface area contributed by atoms with Crippen molar-refractivity contribution in [3.8, 4) is 5.75 Å². The summed E-state index contributed by atoms with van der Waals surface area (Å²) in [6, 6.07) is 11.3. The van der Waals surface area contributed by atoms with Crippen molar-refractivity contribution in [2.45, 2.75) is 13.0 Å². The lowest BCUT2D eigenvalue weighted by Crippen LogP contribution is -2.31. The van der Waals surface area contributed by atoms with Crippen molar-refractivity contribution in [3.63, 3.8) is 0 Å². The van der Waals surface area contributed by atoms with Crippen LogP contribution in [0.2, 0.25) is 5.02 Å². The maximum atomic E-state index is 13.1.